The quantitative estimate of drug-likeness (QED) is 0.486. The van der Waals surface area contributed by atoms with E-state index in [1.807, 2.05) is 0 Å². The third-order valence-electron chi connectivity index (χ3n) is 4.99. The van der Waals surface area contributed by atoms with Crippen molar-refractivity contribution in [1.82, 2.24) is 0 Å². The van der Waals surface area contributed by atoms with Gasteiger partial charge in [0, 0.05) is 82.6 Å². The van der Waals surface area contributed by atoms with Crippen LogP contribution in [0.3, 0.4) is 0 Å². The van der Waals surface area contributed by atoms with Crippen molar-refractivity contribution in [3.05, 3.63) is 22.8 Å². The largest absolute Gasteiger partial charge is 0.662 e. The van der Waals surface area contributed by atoms with Crippen LogP contribution in [0.4, 0.5) is 0 Å². The molecule has 82 valence electrons. The topological polar surface area (TPSA) is 28.2 Å². The summed E-state index contributed by atoms with van der Waals surface area (Å²) in [4.78, 5) is 0. The van der Waals surface area contributed by atoms with E-state index < -0.39 is 0 Å². The smallest absolute Gasteiger partial charge is 0 e. The molecular formula is C12H16N2Pr2-2. The Morgan fingerprint density at radius 1 is 0.625 bits per heavy atom. The first-order valence-electron chi connectivity index (χ1n) is 5.90. The molecule has 0 aromatic rings. The van der Waals surface area contributed by atoms with Gasteiger partial charge in [-0.3, -0.25) is 0 Å². The fraction of sp³-hybridized carbons (Fsp3) is 0.833. The molecule has 2 saturated heterocycles. The Morgan fingerprint density at radius 2 is 0.938 bits per heavy atom. The SMILES string of the molecule is C1=CC2C3C[N-]CC3C1C1C[N-]CC21.[Pr].[Pr]. The minimum Gasteiger partial charge on any atom is -0.662 e. The molecule has 2 bridgehead atoms. The van der Waals surface area contributed by atoms with Gasteiger partial charge in [-0.1, -0.05) is 35.8 Å². The molecule has 2 aliphatic heterocycles. The van der Waals surface area contributed by atoms with Crippen molar-refractivity contribution in [2.75, 3.05) is 26.2 Å². The van der Waals surface area contributed by atoms with Crippen LogP contribution >= 0.6 is 0 Å². The van der Waals surface area contributed by atoms with E-state index in [9.17, 15) is 0 Å². The molecule has 5 aliphatic rings. The summed E-state index contributed by atoms with van der Waals surface area (Å²) in [6, 6.07) is 0. The van der Waals surface area contributed by atoms with Crippen molar-refractivity contribution in [3.8, 4) is 0 Å². The summed E-state index contributed by atoms with van der Waals surface area (Å²) in [7, 11) is 0. The number of hydrogen-bond donors (Lipinski definition) is 0. The Morgan fingerprint density at radius 3 is 1.25 bits per heavy atom. The molecule has 2 radical (unpaired) electrons. The Balaban J connectivity index is 0.000000482. The van der Waals surface area contributed by atoms with E-state index in [1.54, 1.807) is 0 Å². The molecule has 4 atom stereocenters. The third kappa shape index (κ3) is 2.06. The van der Waals surface area contributed by atoms with Gasteiger partial charge in [0.15, 0.2) is 0 Å². The molecule has 4 unspecified atom stereocenters. The Labute approximate surface area is 164 Å². The first-order chi connectivity index (χ1) is 6.95. The second-order valence-corrected chi connectivity index (χ2v) is 5.37. The minimum absolute atomic E-state index is 0. The van der Waals surface area contributed by atoms with Crippen LogP contribution < -0.4 is 0 Å². The van der Waals surface area contributed by atoms with E-state index in [0.29, 0.717) is 0 Å². The molecule has 2 heterocycles. The summed E-state index contributed by atoms with van der Waals surface area (Å²) >= 11 is 0. The summed E-state index contributed by atoms with van der Waals surface area (Å²) in [6.45, 7) is 4.55. The number of allylic oxidation sites excluding steroid dienone is 2. The van der Waals surface area contributed by atoms with Gasteiger partial charge in [-0.05, 0) is 11.8 Å². The van der Waals surface area contributed by atoms with Crippen LogP contribution in [0, 0.1) is 118 Å². The zero-order chi connectivity index (χ0) is 9.12. The molecule has 16 heavy (non-hydrogen) atoms. The van der Waals surface area contributed by atoms with Crippen molar-refractivity contribution < 1.29 is 82.6 Å². The van der Waals surface area contributed by atoms with Crippen molar-refractivity contribution in [1.29, 1.82) is 0 Å². The number of rotatable bonds is 0. The van der Waals surface area contributed by atoms with Gasteiger partial charge in [-0.25, -0.2) is 0 Å². The van der Waals surface area contributed by atoms with E-state index in [2.05, 4.69) is 22.8 Å². The normalized spacial score (nSPS) is 51.5. The van der Waals surface area contributed by atoms with E-state index in [1.165, 1.54) is 0 Å². The molecule has 0 aromatic heterocycles. The molecular weight excluding hydrogens is 454 g/mol. The van der Waals surface area contributed by atoms with Crippen LogP contribution in [0.2, 0.25) is 0 Å². The summed E-state index contributed by atoms with van der Waals surface area (Å²) in [5.74, 6) is 5.21. The average molecular weight is 470 g/mol. The van der Waals surface area contributed by atoms with Gasteiger partial charge >= 0.3 is 0 Å². The predicted molar refractivity (Wildman–Crippen MR) is 56.3 cm³/mol. The molecule has 3 fully saturated rings. The van der Waals surface area contributed by atoms with Crippen LogP contribution in [0.25, 0.3) is 10.6 Å². The summed E-state index contributed by atoms with van der Waals surface area (Å²) in [5.41, 5.74) is 0. The van der Waals surface area contributed by atoms with Gasteiger partial charge < -0.3 is 10.6 Å². The Kier molecular flexibility index (Phi) is 5.36. The van der Waals surface area contributed by atoms with E-state index in [0.717, 1.165) is 61.7 Å². The molecule has 2 nitrogen and oxygen atoms in total. The molecule has 3 aliphatic carbocycles. The van der Waals surface area contributed by atoms with Gasteiger partial charge in [0.25, 0.3) is 0 Å². The fourth-order valence-electron chi connectivity index (χ4n) is 4.38. The number of nitrogens with zero attached hydrogens (tertiary/aromatic N) is 2. The third-order valence-corrected chi connectivity index (χ3v) is 4.99. The predicted octanol–water partition coefficient (Wildman–Crippen LogP) is 2.04. The molecule has 1 saturated carbocycles. The molecule has 0 spiro atoms. The first-order valence-corrected chi connectivity index (χ1v) is 5.90. The van der Waals surface area contributed by atoms with Crippen LogP contribution in [0.15, 0.2) is 12.2 Å². The second-order valence-electron chi connectivity index (χ2n) is 5.37. The molecule has 0 aromatic carbocycles. The number of hydrogen-bond acceptors (Lipinski definition) is 0. The Hall–Kier alpha value is 2.39. The van der Waals surface area contributed by atoms with E-state index in [4.69, 9.17) is 0 Å². The molecule has 0 N–H and O–H groups in total. The molecule has 4 heteroatoms. The van der Waals surface area contributed by atoms with Gasteiger partial charge in [-0.15, -0.1) is 26.2 Å². The summed E-state index contributed by atoms with van der Waals surface area (Å²) in [6.07, 6.45) is 4.99. The average Bonchev–Trinajstić information content (AvgIpc) is 2.88. The molecule has 0 amide bonds. The summed E-state index contributed by atoms with van der Waals surface area (Å²) < 4.78 is 0. The summed E-state index contributed by atoms with van der Waals surface area (Å²) in [5, 5.41) is 9.25. The van der Waals surface area contributed by atoms with Crippen molar-refractivity contribution >= 4 is 0 Å². The standard InChI is InChI=1S/C12H16N2.2Pr/c1-2-8-11-5-13-3-9(11)7(1)10-4-14-6-12(8)10;;/h1-2,7-12H,3-6H2;;/q-2;;. The molecule has 5 rings (SSSR count). The Bertz CT molecular complexity index is 247. The van der Waals surface area contributed by atoms with Crippen LogP contribution in [-0.2, 0) is 0 Å². The van der Waals surface area contributed by atoms with Crippen LogP contribution in [0.5, 0.6) is 0 Å². The maximum absolute atomic E-state index is 4.63. The zero-order valence-corrected chi connectivity index (χ0v) is 16.9. The monoisotopic (exact) mass is 470 g/mol. The van der Waals surface area contributed by atoms with Crippen LogP contribution in [-0.4, -0.2) is 26.2 Å². The minimum atomic E-state index is 0. The van der Waals surface area contributed by atoms with Crippen molar-refractivity contribution in [2.45, 2.75) is 0 Å². The maximum atomic E-state index is 4.63. The van der Waals surface area contributed by atoms with Crippen molar-refractivity contribution in [2.24, 2.45) is 35.5 Å². The van der Waals surface area contributed by atoms with Crippen molar-refractivity contribution in [3.63, 3.8) is 0 Å². The zero-order valence-electron chi connectivity index (χ0n) is 9.50. The fourth-order valence-corrected chi connectivity index (χ4v) is 4.38. The van der Waals surface area contributed by atoms with Gasteiger partial charge in [0.05, 0.1) is 0 Å². The van der Waals surface area contributed by atoms with E-state index >= 15 is 0 Å². The second kappa shape index (κ2) is 5.79. The van der Waals surface area contributed by atoms with Gasteiger partial charge in [0.2, 0.25) is 0 Å². The van der Waals surface area contributed by atoms with Gasteiger partial charge in [-0.2, -0.15) is 0 Å². The van der Waals surface area contributed by atoms with Gasteiger partial charge in [0.1, 0.15) is 0 Å². The van der Waals surface area contributed by atoms with E-state index in [-0.39, 0.29) is 82.6 Å². The first kappa shape index (κ1) is 14.8. The maximum Gasteiger partial charge on any atom is 0 e. The van der Waals surface area contributed by atoms with Crippen LogP contribution in [0.1, 0.15) is 0 Å².